The van der Waals surface area contributed by atoms with Crippen molar-refractivity contribution in [2.45, 2.75) is 6.92 Å². The second-order valence-corrected chi connectivity index (χ2v) is 4.54. The molecule has 1 saturated heterocycles. The summed E-state index contributed by atoms with van der Waals surface area (Å²) in [6.07, 6.45) is 0. The van der Waals surface area contributed by atoms with Crippen LogP contribution in [0.25, 0.3) is 0 Å². The SMILES string of the molecule is Cc1ccc(N2C(=O)CNCC2=O)c(Br)c1. The molecule has 1 aliphatic heterocycles. The number of imide groups is 1. The second-order valence-electron chi connectivity index (χ2n) is 3.68. The lowest BCUT2D eigenvalue weighted by Crippen LogP contribution is -2.52. The molecular weight excluding hydrogens is 272 g/mol. The normalized spacial score (nSPS) is 16.8. The van der Waals surface area contributed by atoms with Gasteiger partial charge in [0.1, 0.15) is 0 Å². The van der Waals surface area contributed by atoms with Crippen molar-refractivity contribution >= 4 is 33.4 Å². The summed E-state index contributed by atoms with van der Waals surface area (Å²) in [7, 11) is 0. The maximum absolute atomic E-state index is 11.7. The number of anilines is 1. The maximum Gasteiger partial charge on any atom is 0.247 e. The molecule has 1 heterocycles. The number of aryl methyl sites for hydroxylation is 1. The molecule has 0 atom stereocenters. The second kappa shape index (κ2) is 4.35. The average Bonchev–Trinajstić information content (AvgIpc) is 2.20. The van der Waals surface area contributed by atoms with Gasteiger partial charge in [-0.05, 0) is 40.5 Å². The van der Waals surface area contributed by atoms with Gasteiger partial charge in [-0.15, -0.1) is 0 Å². The largest absolute Gasteiger partial charge is 0.300 e. The van der Waals surface area contributed by atoms with Crippen LogP contribution in [0.3, 0.4) is 0 Å². The molecule has 0 aromatic heterocycles. The molecule has 16 heavy (non-hydrogen) atoms. The zero-order chi connectivity index (χ0) is 11.7. The van der Waals surface area contributed by atoms with Crippen LogP contribution in [0.4, 0.5) is 5.69 Å². The van der Waals surface area contributed by atoms with E-state index >= 15 is 0 Å². The van der Waals surface area contributed by atoms with Gasteiger partial charge < -0.3 is 0 Å². The average molecular weight is 283 g/mol. The number of carbonyl (C=O) groups is 2. The fraction of sp³-hybridized carbons (Fsp3) is 0.273. The van der Waals surface area contributed by atoms with Gasteiger partial charge in [0, 0.05) is 4.47 Å². The number of rotatable bonds is 1. The van der Waals surface area contributed by atoms with E-state index in [1.165, 1.54) is 4.90 Å². The van der Waals surface area contributed by atoms with Crippen LogP contribution >= 0.6 is 15.9 Å². The summed E-state index contributed by atoms with van der Waals surface area (Å²) in [5.41, 5.74) is 1.69. The Morgan fingerprint density at radius 2 is 1.88 bits per heavy atom. The monoisotopic (exact) mass is 282 g/mol. The highest BCUT2D eigenvalue weighted by Gasteiger charge is 2.28. The van der Waals surface area contributed by atoms with Crippen molar-refractivity contribution in [2.75, 3.05) is 18.0 Å². The van der Waals surface area contributed by atoms with E-state index in [0.717, 1.165) is 10.0 Å². The number of hydrogen-bond donors (Lipinski definition) is 1. The number of piperazine rings is 1. The summed E-state index contributed by atoms with van der Waals surface area (Å²) in [6, 6.07) is 5.54. The van der Waals surface area contributed by atoms with Crippen LogP contribution in [0.2, 0.25) is 0 Å². The summed E-state index contributed by atoms with van der Waals surface area (Å²) in [5, 5.41) is 2.76. The van der Waals surface area contributed by atoms with Crippen LogP contribution in [0.1, 0.15) is 5.56 Å². The third-order valence-corrected chi connectivity index (χ3v) is 3.03. The van der Waals surface area contributed by atoms with E-state index in [1.807, 2.05) is 19.1 Å². The van der Waals surface area contributed by atoms with Crippen LogP contribution < -0.4 is 10.2 Å². The van der Waals surface area contributed by atoms with E-state index in [2.05, 4.69) is 21.2 Å². The van der Waals surface area contributed by atoms with Gasteiger partial charge in [-0.3, -0.25) is 14.9 Å². The number of hydrogen-bond acceptors (Lipinski definition) is 3. The Bertz CT molecular complexity index is 443. The number of nitrogens with one attached hydrogen (secondary N) is 1. The first-order chi connectivity index (χ1) is 7.59. The van der Waals surface area contributed by atoms with E-state index in [0.29, 0.717) is 5.69 Å². The highest BCUT2D eigenvalue weighted by Crippen LogP contribution is 2.28. The Kier molecular flexibility index (Phi) is 3.07. The predicted molar refractivity (Wildman–Crippen MR) is 64.2 cm³/mol. The van der Waals surface area contributed by atoms with E-state index in [9.17, 15) is 9.59 Å². The van der Waals surface area contributed by atoms with Crippen LogP contribution in [0, 0.1) is 6.92 Å². The van der Waals surface area contributed by atoms with Crippen LogP contribution in [-0.2, 0) is 9.59 Å². The van der Waals surface area contributed by atoms with Crippen LogP contribution in [0.15, 0.2) is 22.7 Å². The topological polar surface area (TPSA) is 49.4 Å². The molecule has 2 rings (SSSR count). The minimum Gasteiger partial charge on any atom is -0.300 e. The third-order valence-electron chi connectivity index (χ3n) is 2.40. The quantitative estimate of drug-likeness (QED) is 0.788. The van der Waals surface area contributed by atoms with Crippen molar-refractivity contribution in [2.24, 2.45) is 0 Å². The number of carbonyl (C=O) groups excluding carboxylic acids is 2. The zero-order valence-electron chi connectivity index (χ0n) is 8.79. The Hall–Kier alpha value is -1.20. The number of benzene rings is 1. The van der Waals surface area contributed by atoms with E-state index in [1.54, 1.807) is 6.07 Å². The van der Waals surface area contributed by atoms with Gasteiger partial charge in [0.2, 0.25) is 11.8 Å². The van der Waals surface area contributed by atoms with Gasteiger partial charge in [0.05, 0.1) is 18.8 Å². The fourth-order valence-corrected chi connectivity index (χ4v) is 2.31. The Labute approximate surface area is 102 Å². The van der Waals surface area contributed by atoms with E-state index in [4.69, 9.17) is 0 Å². The first kappa shape index (κ1) is 11.3. The third kappa shape index (κ3) is 2.01. The molecule has 0 radical (unpaired) electrons. The first-order valence-electron chi connectivity index (χ1n) is 4.92. The van der Waals surface area contributed by atoms with Crippen molar-refractivity contribution in [1.82, 2.24) is 5.32 Å². The first-order valence-corrected chi connectivity index (χ1v) is 5.71. The van der Waals surface area contributed by atoms with Crippen molar-refractivity contribution in [3.05, 3.63) is 28.2 Å². The highest BCUT2D eigenvalue weighted by atomic mass is 79.9. The molecule has 1 aromatic carbocycles. The minimum atomic E-state index is -0.221. The highest BCUT2D eigenvalue weighted by molar-refractivity contribution is 9.10. The molecular formula is C11H11BrN2O2. The fourth-order valence-electron chi connectivity index (χ4n) is 1.64. The lowest BCUT2D eigenvalue weighted by Gasteiger charge is -2.26. The molecule has 84 valence electrons. The van der Waals surface area contributed by atoms with Crippen molar-refractivity contribution in [3.8, 4) is 0 Å². The van der Waals surface area contributed by atoms with Crippen LogP contribution in [0.5, 0.6) is 0 Å². The van der Waals surface area contributed by atoms with E-state index < -0.39 is 0 Å². The zero-order valence-corrected chi connectivity index (χ0v) is 10.4. The molecule has 0 unspecified atom stereocenters. The summed E-state index contributed by atoms with van der Waals surface area (Å²) < 4.78 is 0.760. The number of amides is 2. The standard InChI is InChI=1S/C11H11BrN2O2/c1-7-2-3-9(8(12)4-7)14-10(15)5-13-6-11(14)16/h2-4,13H,5-6H2,1H3. The molecule has 1 aliphatic rings. The Balaban J connectivity index is 2.42. The molecule has 0 spiro atoms. The Morgan fingerprint density at radius 1 is 1.25 bits per heavy atom. The van der Waals surface area contributed by atoms with Gasteiger partial charge in [-0.2, -0.15) is 0 Å². The van der Waals surface area contributed by atoms with Gasteiger partial charge >= 0.3 is 0 Å². The Morgan fingerprint density at radius 3 is 2.44 bits per heavy atom. The molecule has 4 nitrogen and oxygen atoms in total. The summed E-state index contributed by atoms with van der Waals surface area (Å²) >= 11 is 3.37. The summed E-state index contributed by atoms with van der Waals surface area (Å²) in [6.45, 7) is 2.36. The molecule has 1 aromatic rings. The molecule has 0 bridgehead atoms. The molecule has 0 saturated carbocycles. The lowest BCUT2D eigenvalue weighted by atomic mass is 10.2. The molecule has 1 fully saturated rings. The van der Waals surface area contributed by atoms with Crippen LogP contribution in [-0.4, -0.2) is 24.9 Å². The number of nitrogens with zero attached hydrogens (tertiary/aromatic N) is 1. The van der Waals surface area contributed by atoms with Gasteiger partial charge in [-0.25, -0.2) is 4.90 Å². The van der Waals surface area contributed by atoms with Crippen molar-refractivity contribution in [1.29, 1.82) is 0 Å². The minimum absolute atomic E-state index is 0.200. The van der Waals surface area contributed by atoms with E-state index in [-0.39, 0.29) is 24.9 Å². The smallest absolute Gasteiger partial charge is 0.247 e. The molecule has 5 heteroatoms. The van der Waals surface area contributed by atoms with Gasteiger partial charge in [0.25, 0.3) is 0 Å². The molecule has 2 amide bonds. The number of halogens is 1. The predicted octanol–water partition coefficient (Wildman–Crippen LogP) is 1.22. The molecule has 0 aliphatic carbocycles. The van der Waals surface area contributed by atoms with Crippen molar-refractivity contribution < 1.29 is 9.59 Å². The molecule has 1 N–H and O–H groups in total. The van der Waals surface area contributed by atoms with Gasteiger partial charge in [0.15, 0.2) is 0 Å². The van der Waals surface area contributed by atoms with Crippen molar-refractivity contribution in [3.63, 3.8) is 0 Å². The summed E-state index contributed by atoms with van der Waals surface area (Å²) in [4.78, 5) is 24.6. The van der Waals surface area contributed by atoms with Gasteiger partial charge in [-0.1, -0.05) is 6.07 Å². The lowest BCUT2D eigenvalue weighted by molar-refractivity contribution is -0.127. The summed E-state index contributed by atoms with van der Waals surface area (Å²) in [5.74, 6) is -0.443. The maximum atomic E-state index is 11.7.